The SMILES string of the molecule is CC(C)[C@@H]1CNC[C@H]1F. The first kappa shape index (κ1) is 7.00. The Morgan fingerprint density at radius 3 is 2.33 bits per heavy atom. The Hall–Kier alpha value is -0.110. The van der Waals surface area contributed by atoms with Gasteiger partial charge in [-0.05, 0) is 5.92 Å². The lowest BCUT2D eigenvalue weighted by Crippen LogP contribution is -2.18. The van der Waals surface area contributed by atoms with Crippen LogP contribution in [-0.4, -0.2) is 19.3 Å². The third-order valence-corrected chi connectivity index (χ3v) is 2.04. The Kier molecular flexibility index (Phi) is 2.06. The first-order valence-electron chi connectivity index (χ1n) is 3.56. The van der Waals surface area contributed by atoms with Crippen LogP contribution in [0.25, 0.3) is 0 Å². The highest BCUT2D eigenvalue weighted by Gasteiger charge is 2.28. The van der Waals surface area contributed by atoms with Crippen LogP contribution in [0.1, 0.15) is 13.8 Å². The van der Waals surface area contributed by atoms with E-state index in [1.54, 1.807) is 0 Å². The molecule has 9 heavy (non-hydrogen) atoms. The average Bonchev–Trinajstić information content (AvgIpc) is 2.13. The fourth-order valence-corrected chi connectivity index (χ4v) is 1.32. The maximum Gasteiger partial charge on any atom is 0.117 e. The number of halogens is 1. The Bertz CT molecular complexity index is 92.9. The van der Waals surface area contributed by atoms with Crippen LogP contribution in [0.3, 0.4) is 0 Å². The molecule has 0 aliphatic carbocycles. The third kappa shape index (κ3) is 1.42. The summed E-state index contributed by atoms with van der Waals surface area (Å²) in [5, 5.41) is 3.03. The van der Waals surface area contributed by atoms with Gasteiger partial charge in [-0.15, -0.1) is 0 Å². The van der Waals surface area contributed by atoms with Crippen LogP contribution in [0.2, 0.25) is 0 Å². The maximum absolute atomic E-state index is 12.8. The lowest BCUT2D eigenvalue weighted by atomic mass is 9.94. The van der Waals surface area contributed by atoms with Crippen molar-refractivity contribution in [3.8, 4) is 0 Å². The van der Waals surface area contributed by atoms with E-state index in [1.807, 2.05) is 0 Å². The molecule has 0 aromatic carbocycles. The van der Waals surface area contributed by atoms with E-state index in [9.17, 15) is 4.39 Å². The normalized spacial score (nSPS) is 36.0. The quantitative estimate of drug-likeness (QED) is 0.564. The van der Waals surface area contributed by atoms with Crippen molar-refractivity contribution in [2.24, 2.45) is 11.8 Å². The topological polar surface area (TPSA) is 12.0 Å². The molecule has 1 N–H and O–H groups in total. The highest BCUT2D eigenvalue weighted by Crippen LogP contribution is 2.20. The molecule has 0 spiro atoms. The van der Waals surface area contributed by atoms with Crippen LogP contribution in [0.5, 0.6) is 0 Å². The lowest BCUT2D eigenvalue weighted by molar-refractivity contribution is 0.234. The van der Waals surface area contributed by atoms with E-state index in [1.165, 1.54) is 0 Å². The number of alkyl halides is 1. The van der Waals surface area contributed by atoms with Crippen LogP contribution in [-0.2, 0) is 0 Å². The largest absolute Gasteiger partial charge is 0.313 e. The molecule has 2 atom stereocenters. The smallest absolute Gasteiger partial charge is 0.117 e. The zero-order valence-corrected chi connectivity index (χ0v) is 6.02. The number of hydrogen-bond donors (Lipinski definition) is 1. The van der Waals surface area contributed by atoms with Gasteiger partial charge in [0.2, 0.25) is 0 Å². The van der Waals surface area contributed by atoms with Crippen molar-refractivity contribution in [3.63, 3.8) is 0 Å². The Morgan fingerprint density at radius 1 is 1.44 bits per heavy atom. The summed E-state index contributed by atoms with van der Waals surface area (Å²) in [5.41, 5.74) is 0. The Balaban J connectivity index is 2.40. The summed E-state index contributed by atoms with van der Waals surface area (Å²) >= 11 is 0. The second-order valence-corrected chi connectivity index (χ2v) is 3.08. The molecule has 1 heterocycles. The minimum absolute atomic E-state index is 0.255. The molecular formula is C7H14FN. The molecule has 0 unspecified atom stereocenters. The minimum atomic E-state index is -0.606. The van der Waals surface area contributed by atoms with Gasteiger partial charge in [0.05, 0.1) is 0 Å². The molecule has 1 nitrogen and oxygen atoms in total. The van der Waals surface area contributed by atoms with E-state index in [0.717, 1.165) is 6.54 Å². The van der Waals surface area contributed by atoms with E-state index >= 15 is 0 Å². The zero-order valence-electron chi connectivity index (χ0n) is 6.02. The molecule has 54 valence electrons. The molecule has 0 amide bonds. The molecule has 0 radical (unpaired) electrons. The highest BCUT2D eigenvalue weighted by atomic mass is 19.1. The molecule has 0 aromatic heterocycles. The first-order chi connectivity index (χ1) is 4.22. The fraction of sp³-hybridized carbons (Fsp3) is 1.00. The van der Waals surface area contributed by atoms with Gasteiger partial charge in [-0.3, -0.25) is 0 Å². The summed E-state index contributed by atoms with van der Waals surface area (Å²) in [5.74, 6) is 0.736. The van der Waals surface area contributed by atoms with Gasteiger partial charge in [-0.25, -0.2) is 4.39 Å². The Labute approximate surface area is 55.6 Å². The van der Waals surface area contributed by atoms with Gasteiger partial charge >= 0.3 is 0 Å². The zero-order chi connectivity index (χ0) is 6.85. The summed E-state index contributed by atoms with van der Waals surface area (Å²) in [4.78, 5) is 0. The summed E-state index contributed by atoms with van der Waals surface area (Å²) in [6, 6.07) is 0. The van der Waals surface area contributed by atoms with E-state index in [0.29, 0.717) is 12.5 Å². The van der Waals surface area contributed by atoms with Crippen molar-refractivity contribution < 1.29 is 4.39 Å². The predicted molar refractivity (Wildman–Crippen MR) is 36.1 cm³/mol. The van der Waals surface area contributed by atoms with Gasteiger partial charge in [0.15, 0.2) is 0 Å². The predicted octanol–water partition coefficient (Wildman–Crippen LogP) is 1.20. The van der Waals surface area contributed by atoms with Crippen molar-refractivity contribution in [2.45, 2.75) is 20.0 Å². The Morgan fingerprint density at radius 2 is 2.11 bits per heavy atom. The highest BCUT2D eigenvalue weighted by molar-refractivity contribution is 4.82. The van der Waals surface area contributed by atoms with Crippen LogP contribution >= 0.6 is 0 Å². The van der Waals surface area contributed by atoms with Crippen LogP contribution < -0.4 is 5.32 Å². The van der Waals surface area contributed by atoms with Gasteiger partial charge in [0.1, 0.15) is 6.17 Å². The number of nitrogens with one attached hydrogen (secondary N) is 1. The molecule has 1 rings (SSSR count). The van der Waals surface area contributed by atoms with Crippen LogP contribution in [0.15, 0.2) is 0 Å². The monoisotopic (exact) mass is 131 g/mol. The van der Waals surface area contributed by atoms with E-state index in [-0.39, 0.29) is 5.92 Å². The van der Waals surface area contributed by atoms with Gasteiger partial charge < -0.3 is 5.32 Å². The van der Waals surface area contributed by atoms with Crippen LogP contribution in [0.4, 0.5) is 4.39 Å². The summed E-state index contributed by atoms with van der Waals surface area (Å²) in [7, 11) is 0. The molecule has 1 fully saturated rings. The van der Waals surface area contributed by atoms with E-state index in [4.69, 9.17) is 0 Å². The third-order valence-electron chi connectivity index (χ3n) is 2.04. The molecule has 1 aliphatic heterocycles. The average molecular weight is 131 g/mol. The summed E-state index contributed by atoms with van der Waals surface area (Å²) in [6.45, 7) is 5.57. The summed E-state index contributed by atoms with van der Waals surface area (Å²) < 4.78 is 12.8. The van der Waals surface area contributed by atoms with Gasteiger partial charge in [0, 0.05) is 19.0 Å². The molecular weight excluding hydrogens is 117 g/mol. The second kappa shape index (κ2) is 2.65. The molecule has 0 aromatic rings. The molecule has 2 heteroatoms. The molecule has 1 saturated heterocycles. The lowest BCUT2D eigenvalue weighted by Gasteiger charge is -2.14. The maximum atomic E-state index is 12.8. The number of rotatable bonds is 1. The van der Waals surface area contributed by atoms with E-state index in [2.05, 4.69) is 19.2 Å². The van der Waals surface area contributed by atoms with Gasteiger partial charge in [-0.1, -0.05) is 13.8 Å². The van der Waals surface area contributed by atoms with Crippen LogP contribution in [0, 0.1) is 11.8 Å². The van der Waals surface area contributed by atoms with Gasteiger partial charge in [-0.2, -0.15) is 0 Å². The van der Waals surface area contributed by atoms with Gasteiger partial charge in [0.25, 0.3) is 0 Å². The minimum Gasteiger partial charge on any atom is -0.313 e. The van der Waals surface area contributed by atoms with Crippen molar-refractivity contribution in [1.82, 2.24) is 5.32 Å². The standard InChI is InChI=1S/C7H14FN/c1-5(2)6-3-9-4-7(6)8/h5-7,9H,3-4H2,1-2H3/t6-,7+/m0/s1. The van der Waals surface area contributed by atoms with Crippen molar-refractivity contribution >= 4 is 0 Å². The second-order valence-electron chi connectivity index (χ2n) is 3.08. The van der Waals surface area contributed by atoms with Crippen molar-refractivity contribution in [2.75, 3.05) is 13.1 Å². The fourth-order valence-electron chi connectivity index (χ4n) is 1.32. The first-order valence-corrected chi connectivity index (χ1v) is 3.56. The van der Waals surface area contributed by atoms with Crippen molar-refractivity contribution in [3.05, 3.63) is 0 Å². The molecule has 0 saturated carbocycles. The molecule has 0 bridgehead atoms. The molecule has 1 aliphatic rings. The summed E-state index contributed by atoms with van der Waals surface area (Å²) in [6.07, 6.45) is -0.606. The number of hydrogen-bond acceptors (Lipinski definition) is 1. The van der Waals surface area contributed by atoms with E-state index < -0.39 is 6.17 Å². The van der Waals surface area contributed by atoms with Crippen molar-refractivity contribution in [1.29, 1.82) is 0 Å².